The minimum atomic E-state index is -1.09. The number of ketones is 2. The quantitative estimate of drug-likeness (QED) is 0.433. The van der Waals surface area contributed by atoms with Crippen LogP contribution in [0.3, 0.4) is 0 Å². The summed E-state index contributed by atoms with van der Waals surface area (Å²) in [6.07, 6.45) is 11.7. The minimum Gasteiger partial charge on any atom is -0.393 e. The lowest BCUT2D eigenvalue weighted by atomic mass is 9.46. The van der Waals surface area contributed by atoms with Crippen LogP contribution in [-0.2, 0) is 26.1 Å². The molecule has 4 saturated carbocycles. The smallest absolute Gasteiger partial charge is 0.178 e. The van der Waals surface area contributed by atoms with Gasteiger partial charge in [0.25, 0.3) is 0 Å². The Balaban J connectivity index is 1.14. The van der Waals surface area contributed by atoms with Crippen LogP contribution in [0.1, 0.15) is 65.2 Å². The van der Waals surface area contributed by atoms with Crippen LogP contribution in [-0.4, -0.2) is 56.1 Å². The maximum atomic E-state index is 14.8. The van der Waals surface area contributed by atoms with Gasteiger partial charge >= 0.3 is 0 Å². The molecule has 1 N–H and O–H groups in total. The number of aliphatic hydroxyl groups is 1. The van der Waals surface area contributed by atoms with Gasteiger partial charge in [0.2, 0.25) is 0 Å². The molecule has 1 saturated heterocycles. The van der Waals surface area contributed by atoms with E-state index < -0.39 is 17.1 Å². The summed E-state index contributed by atoms with van der Waals surface area (Å²) in [5, 5.41) is 12.8. The number of nitrogens with zero attached hydrogens (tertiary/aromatic N) is 2. The van der Waals surface area contributed by atoms with E-state index in [1.807, 2.05) is 37.4 Å². The Kier molecular flexibility index (Phi) is 6.48. The van der Waals surface area contributed by atoms with Crippen molar-refractivity contribution in [3.8, 4) is 0 Å². The number of ether oxygens (including phenoxy) is 2. The monoisotopic (exact) mass is 602 g/mol. The fourth-order valence-corrected chi connectivity index (χ4v) is 11.5. The second-order valence-corrected chi connectivity index (χ2v) is 15.4. The van der Waals surface area contributed by atoms with Gasteiger partial charge in [-0.05, 0) is 74.6 Å². The van der Waals surface area contributed by atoms with E-state index in [0.29, 0.717) is 12.3 Å². The maximum absolute atomic E-state index is 14.8. The van der Waals surface area contributed by atoms with Crippen molar-refractivity contribution in [3.05, 3.63) is 48.1 Å². The number of allylic oxidation sites excluding steroid dienone is 4. The third-order valence-electron chi connectivity index (χ3n) is 12.5. The van der Waals surface area contributed by atoms with Gasteiger partial charge in [-0.25, -0.2) is 4.98 Å². The van der Waals surface area contributed by atoms with Gasteiger partial charge in [0.15, 0.2) is 28.6 Å². The number of aliphatic hydroxyl groups excluding tert-OH is 1. The van der Waals surface area contributed by atoms with Gasteiger partial charge in [-0.3, -0.25) is 9.59 Å². The van der Waals surface area contributed by atoms with Gasteiger partial charge in [0, 0.05) is 29.7 Å². The number of rotatable bonds is 5. The summed E-state index contributed by atoms with van der Waals surface area (Å²) < 4.78 is 15.9. The van der Waals surface area contributed by atoms with Crippen LogP contribution in [0.5, 0.6) is 0 Å². The number of carbonyl (C=O) groups excluding carboxylic acids is 2. The van der Waals surface area contributed by atoms with Gasteiger partial charge in [-0.15, -0.1) is 0 Å². The van der Waals surface area contributed by atoms with Gasteiger partial charge in [-0.1, -0.05) is 62.2 Å². The zero-order chi connectivity index (χ0) is 29.7. The highest BCUT2D eigenvalue weighted by Crippen LogP contribution is 2.70. The molecule has 6 aliphatic rings. The summed E-state index contributed by atoms with van der Waals surface area (Å²) in [7, 11) is 2.00. The standard InChI is InChI=1S/C35H42N2O5S/c1-33-15-14-22(38)16-21(33)12-13-23-24-17-29-35(34(24,2)18-27(39)30(23)33,42-31(41-29)20-8-4-5-9-20)28(40)19-43-32-36-25-10-6-7-11-26(25)37(32)3/h6-7,10-11,14-16,20,23-24,27,29-31,39H,4-5,8-9,12-13,17-19H2,1-3H3/t23?,24?,27?,29-,30?,31?,33?,34?,35-/m1/s1. The molecule has 0 spiro atoms. The molecular weight excluding hydrogens is 560 g/mol. The number of hydrogen-bond acceptors (Lipinski definition) is 7. The average Bonchev–Trinajstić information content (AvgIpc) is 3.75. The molecule has 5 aliphatic carbocycles. The molecule has 8 heteroatoms. The molecular formula is C35H42N2O5S. The van der Waals surface area contributed by atoms with E-state index in [1.54, 1.807) is 12.2 Å². The van der Waals surface area contributed by atoms with Crippen LogP contribution >= 0.6 is 11.8 Å². The zero-order valence-corrected chi connectivity index (χ0v) is 26.1. The summed E-state index contributed by atoms with van der Waals surface area (Å²) in [4.78, 5) is 31.8. The number of hydrogen-bond donors (Lipinski definition) is 1. The molecule has 228 valence electrons. The molecule has 9 atom stereocenters. The summed E-state index contributed by atoms with van der Waals surface area (Å²) in [5.41, 5.74) is 1.11. The van der Waals surface area contributed by atoms with E-state index in [4.69, 9.17) is 14.5 Å². The molecule has 0 radical (unpaired) electrons. The summed E-state index contributed by atoms with van der Waals surface area (Å²) >= 11 is 1.48. The fraction of sp³-hybridized carbons (Fsp3) is 0.629. The molecule has 0 bridgehead atoms. The van der Waals surface area contributed by atoms with Crippen LogP contribution in [0.15, 0.2) is 53.2 Å². The van der Waals surface area contributed by atoms with Crippen molar-refractivity contribution >= 4 is 34.4 Å². The molecule has 1 aromatic heterocycles. The number of Topliss-reactive ketones (excluding diaryl/α,β-unsaturated/α-hetero) is 1. The van der Waals surface area contributed by atoms with Gasteiger partial charge in [0.05, 0.1) is 29.0 Å². The van der Waals surface area contributed by atoms with Crippen molar-refractivity contribution in [3.63, 3.8) is 0 Å². The maximum Gasteiger partial charge on any atom is 0.178 e. The molecule has 7 unspecified atom stereocenters. The van der Waals surface area contributed by atoms with Crippen LogP contribution in [0, 0.1) is 34.5 Å². The number of thioether (sulfide) groups is 1. The second kappa shape index (κ2) is 9.87. The van der Waals surface area contributed by atoms with E-state index in [9.17, 15) is 14.7 Å². The lowest BCUT2D eigenvalue weighted by Crippen LogP contribution is -2.63. The first-order chi connectivity index (χ1) is 20.7. The van der Waals surface area contributed by atoms with Crippen molar-refractivity contribution in [2.45, 2.75) is 94.5 Å². The number of aryl methyl sites for hydroxylation is 1. The Hall–Kier alpha value is -2.26. The van der Waals surface area contributed by atoms with E-state index >= 15 is 0 Å². The van der Waals surface area contributed by atoms with Crippen LogP contribution in [0.4, 0.5) is 0 Å². The van der Waals surface area contributed by atoms with Gasteiger partial charge in [0.1, 0.15) is 0 Å². The Labute approximate surface area is 257 Å². The van der Waals surface area contributed by atoms with Gasteiger partial charge < -0.3 is 19.1 Å². The van der Waals surface area contributed by atoms with Crippen LogP contribution < -0.4 is 0 Å². The molecule has 1 aliphatic heterocycles. The first-order valence-corrected chi connectivity index (χ1v) is 17.2. The topological polar surface area (TPSA) is 90.7 Å². The summed E-state index contributed by atoms with van der Waals surface area (Å²) in [5.74, 6) is 1.07. The van der Waals surface area contributed by atoms with Crippen molar-refractivity contribution in [1.29, 1.82) is 0 Å². The first kappa shape index (κ1) is 28.2. The van der Waals surface area contributed by atoms with Crippen molar-refractivity contribution in [2.75, 3.05) is 5.75 Å². The Morgan fingerprint density at radius 2 is 1.98 bits per heavy atom. The SMILES string of the molecule is Cn1c(SCC(=O)[C@@]23OC(C4CCCC4)O[C@@H]2CC2C4CCC5=CC(=O)C=CC5(C)C4C(O)CC23C)nc2ccccc21. The zero-order valence-electron chi connectivity index (χ0n) is 25.3. The van der Waals surface area contributed by atoms with E-state index in [0.717, 1.165) is 53.9 Å². The van der Waals surface area contributed by atoms with Gasteiger partial charge in [-0.2, -0.15) is 0 Å². The molecule has 2 heterocycles. The lowest BCUT2D eigenvalue weighted by molar-refractivity contribution is -0.205. The Morgan fingerprint density at radius 3 is 2.77 bits per heavy atom. The largest absolute Gasteiger partial charge is 0.393 e. The molecule has 8 rings (SSSR count). The number of para-hydroxylation sites is 2. The third-order valence-corrected chi connectivity index (χ3v) is 13.6. The predicted molar refractivity (Wildman–Crippen MR) is 164 cm³/mol. The number of aromatic nitrogens is 2. The minimum absolute atomic E-state index is 0.000839. The Morgan fingerprint density at radius 1 is 1.19 bits per heavy atom. The Bertz CT molecular complexity index is 1560. The first-order valence-electron chi connectivity index (χ1n) is 16.2. The predicted octanol–water partition coefficient (Wildman–Crippen LogP) is 5.79. The molecule has 5 fully saturated rings. The number of imidazole rings is 1. The third kappa shape index (κ3) is 3.88. The van der Waals surface area contributed by atoms with Crippen LogP contribution in [0.2, 0.25) is 0 Å². The van der Waals surface area contributed by atoms with Crippen molar-refractivity contribution < 1.29 is 24.2 Å². The molecule has 1 aromatic carbocycles. The van der Waals surface area contributed by atoms with Crippen molar-refractivity contribution in [1.82, 2.24) is 9.55 Å². The highest BCUT2D eigenvalue weighted by Gasteiger charge is 2.76. The highest BCUT2D eigenvalue weighted by molar-refractivity contribution is 7.99. The van der Waals surface area contributed by atoms with E-state index in [1.165, 1.54) is 24.6 Å². The van der Waals surface area contributed by atoms with E-state index in [2.05, 4.69) is 18.4 Å². The van der Waals surface area contributed by atoms with Crippen molar-refractivity contribution in [2.24, 2.45) is 41.5 Å². The number of benzene rings is 1. The number of carbonyl (C=O) groups is 2. The molecule has 43 heavy (non-hydrogen) atoms. The van der Waals surface area contributed by atoms with E-state index in [-0.39, 0.29) is 52.9 Å². The average molecular weight is 603 g/mol. The molecule has 2 aromatic rings. The fourth-order valence-electron chi connectivity index (χ4n) is 10.5. The summed E-state index contributed by atoms with van der Waals surface area (Å²) in [6.45, 7) is 4.40. The van der Waals surface area contributed by atoms with Crippen LogP contribution in [0.25, 0.3) is 11.0 Å². The molecule has 0 amide bonds. The highest BCUT2D eigenvalue weighted by atomic mass is 32.2. The summed E-state index contributed by atoms with van der Waals surface area (Å²) in [6, 6.07) is 8.04. The lowest BCUT2D eigenvalue weighted by Gasteiger charge is -2.59. The number of fused-ring (bicyclic) bond motifs is 8. The normalized spacial score (nSPS) is 42.0. The second-order valence-electron chi connectivity index (χ2n) is 14.5. The molecule has 7 nitrogen and oxygen atoms in total.